The Kier molecular flexibility index (Phi) is 29.3. The summed E-state index contributed by atoms with van der Waals surface area (Å²) in [7, 11) is 0. The topological polar surface area (TPSA) is 115 Å². The van der Waals surface area contributed by atoms with Crippen LogP contribution in [0.5, 0.6) is 11.5 Å². The minimum atomic E-state index is -0.409. The molecule has 2 aliphatic heterocycles. The van der Waals surface area contributed by atoms with Gasteiger partial charge in [0.2, 0.25) is 10.7 Å². The van der Waals surface area contributed by atoms with Crippen LogP contribution in [0.1, 0.15) is 137 Å². The number of anilines is 2. The summed E-state index contributed by atoms with van der Waals surface area (Å²) >= 11 is 1.67. The number of carbonyl (C=O) groups excluding carboxylic acids is 2. The van der Waals surface area contributed by atoms with E-state index in [4.69, 9.17) is 22.7 Å². The first-order valence-electron chi connectivity index (χ1n) is 36.0. The molecule has 0 fully saturated rings. The summed E-state index contributed by atoms with van der Waals surface area (Å²) in [5, 5.41) is 4.11. The predicted molar refractivity (Wildman–Crippen MR) is 433 cm³/mol. The van der Waals surface area contributed by atoms with Crippen LogP contribution in [0, 0.1) is 4.35 Å². The molecule has 2 atom stereocenters. The summed E-state index contributed by atoms with van der Waals surface area (Å²) in [5.74, 6) is 2.66. The Morgan fingerprint density at radius 2 is 0.845 bits per heavy atom. The maximum atomic E-state index is 14.0. The van der Waals surface area contributed by atoms with Gasteiger partial charge in [-0.2, -0.15) is 0 Å². The van der Waals surface area contributed by atoms with Crippen molar-refractivity contribution < 1.29 is 27.9 Å². The van der Waals surface area contributed by atoms with Crippen molar-refractivity contribution in [2.45, 2.75) is 93.9 Å². The molecular formula is C90H97AlBN5O6+2. The molecule has 13 heteroatoms. The van der Waals surface area contributed by atoms with Gasteiger partial charge in [0.05, 0.1) is 23.3 Å². The van der Waals surface area contributed by atoms with E-state index in [-0.39, 0.29) is 14.4 Å². The second kappa shape index (κ2) is 38.6. The first-order chi connectivity index (χ1) is 49.8. The Balaban J connectivity index is 0.000000232. The molecule has 12 rings (SSSR count). The van der Waals surface area contributed by atoms with Gasteiger partial charge in [-0.3, -0.25) is 0 Å². The number of carbonyl (C=O) groups is 2. The number of ether oxygens (including phenoxy) is 2. The number of esters is 2. The molecular weight excluding hydrogens is 1280 g/mol. The second-order valence-corrected chi connectivity index (χ2v) is 24.8. The monoisotopic (exact) mass is 1380 g/mol. The molecule has 0 spiro atoms. The molecule has 4 radical (unpaired) electrons. The average molecular weight is 1380 g/mol. The van der Waals surface area contributed by atoms with Gasteiger partial charge in [-0.15, -0.1) is 0 Å². The first-order valence-corrected chi connectivity index (χ1v) is 36.5. The van der Waals surface area contributed by atoms with Crippen LogP contribution in [-0.4, -0.2) is 88.8 Å². The number of nitrogens with zero attached hydrogens (tertiary/aromatic N) is 4. The average Bonchev–Trinajstić information content (AvgIpc) is 0.751. The zero-order valence-electron chi connectivity index (χ0n) is 61.6. The molecule has 8 aromatic rings. The molecule has 522 valence electrons. The second-order valence-electron chi connectivity index (χ2n) is 24.8. The molecule has 0 aromatic heterocycles. The van der Waals surface area contributed by atoms with Gasteiger partial charge in [0.15, 0.2) is 0 Å². The number of hydrogen-bond donors (Lipinski definition) is 1. The van der Waals surface area contributed by atoms with E-state index in [1.165, 1.54) is 16.7 Å². The van der Waals surface area contributed by atoms with Gasteiger partial charge in [-0.1, -0.05) is 160 Å². The molecule has 2 unspecified atom stereocenters. The van der Waals surface area contributed by atoms with Gasteiger partial charge >= 0.3 is 32.4 Å². The summed E-state index contributed by atoms with van der Waals surface area (Å²) in [4.78, 5) is 32.3. The Bertz CT molecular complexity index is 4860. The summed E-state index contributed by atoms with van der Waals surface area (Å²) < 4.78 is 35.5. The SMILES string of the molecule is C=Cc1ccc(OC(=O)c2ccccc2-c2c3ccc(=[N+](CC)CC)cc-3oc3cc(N(CC)CC)ccc23)cc1.C=Cc1ccccc1.CCC(CC(C)c1ccccc1)c1ccc(OC(=O)c2ccccc2-c2c3ccc(=[N+](CC)CC)cc-3oc3cc(N(CC)CC)ccc23)cc1.[B].[NH]=[Al]. The van der Waals surface area contributed by atoms with E-state index in [1.807, 2.05) is 109 Å². The quantitative estimate of drug-likeness (QED) is 0.0221. The van der Waals surface area contributed by atoms with Crippen molar-refractivity contribution in [1.82, 2.24) is 9.15 Å². The molecule has 1 N–H and O–H groups in total. The normalized spacial score (nSPS) is 11.3. The molecule has 4 aliphatic rings. The molecule has 103 heavy (non-hydrogen) atoms. The van der Waals surface area contributed by atoms with Crippen LogP contribution in [0.4, 0.5) is 11.4 Å². The third-order valence-electron chi connectivity index (χ3n) is 19.1. The van der Waals surface area contributed by atoms with Crippen LogP contribution in [0.15, 0.2) is 253 Å². The first kappa shape index (κ1) is 78.3. The summed E-state index contributed by atoms with van der Waals surface area (Å²) in [6.45, 7) is 36.4. The number of nitrogens with one attached hydrogen (secondary N) is 1. The van der Waals surface area contributed by atoms with Crippen molar-refractivity contribution in [2.24, 2.45) is 0 Å². The van der Waals surface area contributed by atoms with E-state index >= 15 is 0 Å². The third-order valence-corrected chi connectivity index (χ3v) is 19.1. The van der Waals surface area contributed by atoms with Crippen LogP contribution in [0.25, 0.3) is 79.0 Å². The van der Waals surface area contributed by atoms with E-state index in [2.05, 4.69) is 217 Å². The molecule has 2 heterocycles. The Labute approximate surface area is 619 Å². The van der Waals surface area contributed by atoms with E-state index in [0.717, 1.165) is 160 Å². The molecule has 0 saturated carbocycles. The number of benzene rings is 10. The van der Waals surface area contributed by atoms with Gasteiger partial charge in [-0.25, -0.2) is 18.7 Å². The summed E-state index contributed by atoms with van der Waals surface area (Å²) in [5.41, 5.74) is 15.0. The third kappa shape index (κ3) is 18.8. The molecule has 8 aromatic carbocycles. The molecule has 0 bridgehead atoms. The summed E-state index contributed by atoms with van der Waals surface area (Å²) in [6, 6.07) is 77.1. The van der Waals surface area contributed by atoms with E-state index in [0.29, 0.717) is 34.5 Å². The fourth-order valence-corrected chi connectivity index (χ4v) is 13.5. The maximum absolute atomic E-state index is 14.0. The van der Waals surface area contributed by atoms with Crippen LogP contribution < -0.4 is 39.1 Å². The van der Waals surface area contributed by atoms with E-state index in [1.54, 1.807) is 34.3 Å². The van der Waals surface area contributed by atoms with Crippen LogP contribution in [0.3, 0.4) is 0 Å². The van der Waals surface area contributed by atoms with Crippen molar-refractivity contribution in [1.29, 1.82) is 4.35 Å². The zero-order valence-corrected chi connectivity index (χ0v) is 62.8. The van der Waals surface area contributed by atoms with Crippen molar-refractivity contribution in [3.63, 3.8) is 0 Å². The Morgan fingerprint density at radius 3 is 1.23 bits per heavy atom. The van der Waals surface area contributed by atoms with Crippen LogP contribution in [0.2, 0.25) is 0 Å². The minimum absolute atomic E-state index is 0. The van der Waals surface area contributed by atoms with Crippen molar-refractivity contribution in [3.05, 3.63) is 288 Å². The molecule has 2 aliphatic carbocycles. The number of fused-ring (bicyclic) bond motifs is 4. The Morgan fingerprint density at radius 1 is 0.456 bits per heavy atom. The van der Waals surface area contributed by atoms with E-state index < -0.39 is 5.97 Å². The fraction of sp³-hybridized carbons (Fsp3) is 0.244. The van der Waals surface area contributed by atoms with Gasteiger partial charge in [-0.05, 0) is 186 Å². The number of rotatable bonds is 23. The van der Waals surface area contributed by atoms with Gasteiger partial charge in [0.1, 0.15) is 60.4 Å². The van der Waals surface area contributed by atoms with Gasteiger partial charge in [0, 0.05) is 103 Å². The van der Waals surface area contributed by atoms with Crippen LogP contribution in [-0.2, 0) is 0 Å². The molecule has 11 nitrogen and oxygen atoms in total. The van der Waals surface area contributed by atoms with Crippen molar-refractivity contribution in [2.75, 3.05) is 62.2 Å². The fourth-order valence-electron chi connectivity index (χ4n) is 13.5. The predicted octanol–water partition coefficient (Wildman–Crippen LogP) is 20.4. The zero-order chi connectivity index (χ0) is 72.7. The number of hydrogen-bond acceptors (Lipinski definition) is 9. The standard InChI is InChI=1S/C46H51N2O3.C36H37N2O3.C8H8.Al.B.HN/c1-7-33(29-32(6)34-17-13-12-14-18-34)35-21-25-38(26-22-35)50-46(49)40-20-16-15-19-39(40)45-41-27-23-36(47(8-2)9-3)30-43(41)51-44-31-37(24-28-42(44)45)48(10-4)11-5;1-6-25-15-19-28(20-16-25)40-36(39)30-14-12-11-13-29(30)35-31-21-17-26(37(7-2)8-3)23-33(31)41-34-24-27(18-22-32(34)35)38(9-4)10-5;1-2-8-6-4-3-5-7-8;;;/h12-28,30-33H,7-11,29H2,1-6H3;6,11-24H,1,7-10H2,2-5H3;2-7H,1H2;;;1H/q2*+1;;;;. The molecule has 0 amide bonds. The van der Waals surface area contributed by atoms with Crippen molar-refractivity contribution >= 4 is 81.9 Å². The van der Waals surface area contributed by atoms with Gasteiger partial charge in [0.25, 0.3) is 0 Å². The van der Waals surface area contributed by atoms with Crippen LogP contribution >= 0.6 is 0 Å². The summed E-state index contributed by atoms with van der Waals surface area (Å²) in [6.07, 6.45) is 5.70. The van der Waals surface area contributed by atoms with Gasteiger partial charge < -0.3 is 28.1 Å². The molecule has 0 saturated heterocycles. The van der Waals surface area contributed by atoms with Crippen molar-refractivity contribution in [3.8, 4) is 56.4 Å². The van der Waals surface area contributed by atoms with E-state index in [9.17, 15) is 9.59 Å². The Hall–Kier alpha value is -10.4.